The Kier molecular flexibility index (Phi) is 5.92. The van der Waals surface area contributed by atoms with Crippen LogP contribution < -0.4 is 5.32 Å². The summed E-state index contributed by atoms with van der Waals surface area (Å²) in [6.45, 7) is 14.4. The molecule has 0 radical (unpaired) electrons. The molecule has 1 aliphatic heterocycles. The van der Waals surface area contributed by atoms with E-state index in [0.29, 0.717) is 12.1 Å². The second-order valence-corrected chi connectivity index (χ2v) is 8.04. The molecule has 0 spiro atoms. The zero-order chi connectivity index (χ0) is 14.7. The normalized spacial score (nSPS) is 36.8. The fraction of sp³-hybridized carbons (Fsp3) is 1.00. The van der Waals surface area contributed by atoms with E-state index in [9.17, 15) is 0 Å². The summed E-state index contributed by atoms with van der Waals surface area (Å²) in [5.41, 5.74) is 0. The van der Waals surface area contributed by atoms with Crippen molar-refractivity contribution in [1.29, 1.82) is 0 Å². The molecule has 2 fully saturated rings. The molecule has 4 unspecified atom stereocenters. The zero-order valence-corrected chi connectivity index (χ0v) is 14.4. The van der Waals surface area contributed by atoms with Crippen molar-refractivity contribution >= 4 is 0 Å². The van der Waals surface area contributed by atoms with Crippen LogP contribution in [0.5, 0.6) is 0 Å². The molecular weight excluding hydrogens is 244 g/mol. The van der Waals surface area contributed by atoms with Gasteiger partial charge >= 0.3 is 0 Å². The molecule has 2 nitrogen and oxygen atoms in total. The van der Waals surface area contributed by atoms with Crippen molar-refractivity contribution in [2.24, 2.45) is 17.8 Å². The van der Waals surface area contributed by atoms with Crippen LogP contribution in [0.3, 0.4) is 0 Å². The third-order valence-electron chi connectivity index (χ3n) is 5.52. The Bertz CT molecular complexity index is 287. The Morgan fingerprint density at radius 3 is 2.45 bits per heavy atom. The van der Waals surface area contributed by atoms with Crippen molar-refractivity contribution < 1.29 is 0 Å². The van der Waals surface area contributed by atoms with E-state index in [-0.39, 0.29) is 0 Å². The molecule has 2 rings (SSSR count). The van der Waals surface area contributed by atoms with Gasteiger partial charge in [-0.1, -0.05) is 40.5 Å². The minimum Gasteiger partial charge on any atom is -0.311 e. The SMILES string of the molecule is CC(C)CC1CN(C2CCCCC2C(C)C)C(C)CN1. The predicted octanol–water partition coefficient (Wildman–Crippen LogP) is 3.91. The van der Waals surface area contributed by atoms with E-state index < -0.39 is 0 Å². The van der Waals surface area contributed by atoms with E-state index in [2.05, 4.69) is 44.8 Å². The van der Waals surface area contributed by atoms with Gasteiger partial charge in [0.25, 0.3) is 0 Å². The van der Waals surface area contributed by atoms with E-state index in [1.807, 2.05) is 0 Å². The third-order valence-corrected chi connectivity index (χ3v) is 5.52. The highest BCUT2D eigenvalue weighted by Crippen LogP contribution is 2.35. The lowest BCUT2D eigenvalue weighted by Gasteiger charge is -2.49. The highest BCUT2D eigenvalue weighted by Gasteiger charge is 2.37. The molecule has 1 saturated heterocycles. The molecule has 20 heavy (non-hydrogen) atoms. The van der Waals surface area contributed by atoms with Gasteiger partial charge in [0.1, 0.15) is 0 Å². The van der Waals surface area contributed by atoms with Crippen molar-refractivity contribution in [3.8, 4) is 0 Å². The van der Waals surface area contributed by atoms with Crippen LogP contribution in [0.2, 0.25) is 0 Å². The van der Waals surface area contributed by atoms with Gasteiger partial charge in [0.05, 0.1) is 0 Å². The Labute approximate surface area is 126 Å². The summed E-state index contributed by atoms with van der Waals surface area (Å²) in [5, 5.41) is 3.77. The molecule has 2 heteroatoms. The Morgan fingerprint density at radius 1 is 1.10 bits per heavy atom. The van der Waals surface area contributed by atoms with Gasteiger partial charge in [0, 0.05) is 31.2 Å². The fourth-order valence-corrected chi connectivity index (χ4v) is 4.47. The molecule has 1 N–H and O–H groups in total. The van der Waals surface area contributed by atoms with Crippen molar-refractivity contribution in [3.05, 3.63) is 0 Å². The summed E-state index contributed by atoms with van der Waals surface area (Å²) < 4.78 is 0. The summed E-state index contributed by atoms with van der Waals surface area (Å²) in [6.07, 6.45) is 7.10. The lowest BCUT2D eigenvalue weighted by Crippen LogP contribution is -2.60. The molecule has 118 valence electrons. The quantitative estimate of drug-likeness (QED) is 0.840. The fourth-order valence-electron chi connectivity index (χ4n) is 4.47. The number of nitrogens with one attached hydrogen (secondary N) is 1. The summed E-state index contributed by atoms with van der Waals surface area (Å²) in [4.78, 5) is 2.87. The first-order valence-corrected chi connectivity index (χ1v) is 8.98. The third kappa shape index (κ3) is 3.98. The summed E-state index contributed by atoms with van der Waals surface area (Å²) in [5.74, 6) is 2.56. The van der Waals surface area contributed by atoms with Crippen molar-refractivity contribution in [1.82, 2.24) is 10.2 Å². The first-order valence-electron chi connectivity index (χ1n) is 8.98. The summed E-state index contributed by atoms with van der Waals surface area (Å²) in [6, 6.07) is 2.26. The van der Waals surface area contributed by atoms with E-state index >= 15 is 0 Å². The number of rotatable bonds is 4. The molecule has 0 amide bonds. The second kappa shape index (κ2) is 7.26. The number of hydrogen-bond donors (Lipinski definition) is 1. The molecule has 1 aliphatic carbocycles. The zero-order valence-electron chi connectivity index (χ0n) is 14.4. The lowest BCUT2D eigenvalue weighted by molar-refractivity contribution is 0.0196. The number of nitrogens with zero attached hydrogens (tertiary/aromatic N) is 1. The smallest absolute Gasteiger partial charge is 0.0198 e. The van der Waals surface area contributed by atoms with Crippen molar-refractivity contribution in [3.63, 3.8) is 0 Å². The van der Waals surface area contributed by atoms with Crippen LogP contribution >= 0.6 is 0 Å². The van der Waals surface area contributed by atoms with E-state index in [4.69, 9.17) is 0 Å². The van der Waals surface area contributed by atoms with Gasteiger partial charge in [-0.05, 0) is 43.9 Å². The largest absolute Gasteiger partial charge is 0.311 e. The molecular formula is C18H36N2. The molecule has 0 aromatic rings. The van der Waals surface area contributed by atoms with E-state index in [1.165, 1.54) is 45.2 Å². The highest BCUT2D eigenvalue weighted by molar-refractivity contribution is 4.93. The summed E-state index contributed by atoms with van der Waals surface area (Å²) in [7, 11) is 0. The summed E-state index contributed by atoms with van der Waals surface area (Å²) >= 11 is 0. The maximum atomic E-state index is 3.77. The van der Waals surface area contributed by atoms with Crippen LogP contribution in [-0.4, -0.2) is 36.1 Å². The topological polar surface area (TPSA) is 15.3 Å². The van der Waals surface area contributed by atoms with E-state index in [1.54, 1.807) is 0 Å². The van der Waals surface area contributed by atoms with Gasteiger partial charge in [-0.3, -0.25) is 4.90 Å². The van der Waals surface area contributed by atoms with E-state index in [0.717, 1.165) is 23.8 Å². The highest BCUT2D eigenvalue weighted by atomic mass is 15.3. The minimum absolute atomic E-state index is 0.709. The molecule has 0 bridgehead atoms. The average molecular weight is 280 g/mol. The molecule has 4 atom stereocenters. The van der Waals surface area contributed by atoms with Gasteiger partial charge in [0.2, 0.25) is 0 Å². The average Bonchev–Trinajstić information content (AvgIpc) is 2.40. The standard InChI is InChI=1S/C18H36N2/c1-13(2)10-16-12-20(15(5)11-19-16)18-9-7-6-8-17(18)14(3)4/h13-19H,6-12H2,1-5H3. The minimum atomic E-state index is 0.709. The van der Waals surface area contributed by atoms with Gasteiger partial charge in [-0.25, -0.2) is 0 Å². The predicted molar refractivity (Wildman–Crippen MR) is 88.0 cm³/mol. The molecule has 1 saturated carbocycles. The first-order chi connectivity index (χ1) is 9.49. The Morgan fingerprint density at radius 2 is 1.80 bits per heavy atom. The monoisotopic (exact) mass is 280 g/mol. The van der Waals surface area contributed by atoms with Crippen LogP contribution in [0.25, 0.3) is 0 Å². The maximum absolute atomic E-state index is 3.77. The van der Waals surface area contributed by atoms with Crippen LogP contribution in [0, 0.1) is 17.8 Å². The van der Waals surface area contributed by atoms with Crippen molar-refractivity contribution in [2.45, 2.75) is 84.8 Å². The lowest BCUT2D eigenvalue weighted by atomic mass is 9.76. The van der Waals surface area contributed by atoms with Gasteiger partial charge in [0.15, 0.2) is 0 Å². The van der Waals surface area contributed by atoms with Crippen molar-refractivity contribution in [2.75, 3.05) is 13.1 Å². The van der Waals surface area contributed by atoms with Gasteiger partial charge in [-0.15, -0.1) is 0 Å². The molecule has 1 heterocycles. The van der Waals surface area contributed by atoms with Crippen LogP contribution in [0.1, 0.15) is 66.7 Å². The molecule has 2 aliphatic rings. The maximum Gasteiger partial charge on any atom is 0.0198 e. The molecule has 0 aromatic carbocycles. The van der Waals surface area contributed by atoms with Gasteiger partial charge in [-0.2, -0.15) is 0 Å². The Balaban J connectivity index is 2.03. The van der Waals surface area contributed by atoms with Crippen LogP contribution in [-0.2, 0) is 0 Å². The molecule has 0 aromatic heterocycles. The number of hydrogen-bond acceptors (Lipinski definition) is 2. The van der Waals surface area contributed by atoms with Crippen LogP contribution in [0.4, 0.5) is 0 Å². The van der Waals surface area contributed by atoms with Crippen LogP contribution in [0.15, 0.2) is 0 Å². The number of piperazine rings is 1. The Hall–Kier alpha value is -0.0800. The first kappa shape index (κ1) is 16.3. The second-order valence-electron chi connectivity index (χ2n) is 8.04. The van der Waals surface area contributed by atoms with Gasteiger partial charge < -0.3 is 5.32 Å².